The highest BCUT2D eigenvalue weighted by molar-refractivity contribution is 9.12. The predicted molar refractivity (Wildman–Crippen MR) is 119 cm³/mol. The number of aromatic nitrogens is 1. The maximum Gasteiger partial charge on any atom is 0.218 e. The van der Waals surface area contributed by atoms with Crippen molar-refractivity contribution in [3.05, 3.63) is 40.1 Å². The van der Waals surface area contributed by atoms with Crippen molar-refractivity contribution in [3.63, 3.8) is 0 Å². The molecule has 1 aromatic carbocycles. The molecule has 1 fully saturated rings. The van der Waals surface area contributed by atoms with E-state index in [0.29, 0.717) is 12.5 Å². The predicted octanol–water partition coefficient (Wildman–Crippen LogP) is 5.06. The first-order valence-corrected chi connectivity index (χ1v) is 12.5. The number of nitrogens with one attached hydrogen (secondary N) is 1. The number of anilines is 1. The van der Waals surface area contributed by atoms with Crippen molar-refractivity contribution in [1.29, 1.82) is 0 Å². The van der Waals surface area contributed by atoms with Crippen molar-refractivity contribution in [3.8, 4) is 0 Å². The van der Waals surface area contributed by atoms with Crippen molar-refractivity contribution in [2.45, 2.75) is 18.8 Å². The van der Waals surface area contributed by atoms with Crippen LogP contribution in [0.2, 0.25) is 0 Å². The molecule has 2 aliphatic rings. The van der Waals surface area contributed by atoms with Crippen molar-refractivity contribution < 1.29 is 4.57 Å². The first kappa shape index (κ1) is 18.9. The van der Waals surface area contributed by atoms with Gasteiger partial charge in [-0.1, -0.05) is 6.07 Å². The van der Waals surface area contributed by atoms with Crippen LogP contribution in [0, 0.1) is 0 Å². The first-order chi connectivity index (χ1) is 12.8. The molecule has 1 aromatic heterocycles. The fourth-order valence-electron chi connectivity index (χ4n) is 3.20. The number of amidine groups is 1. The van der Waals surface area contributed by atoms with Crippen molar-refractivity contribution in [2.75, 3.05) is 25.2 Å². The average Bonchev–Trinajstić information content (AvgIpc) is 3.46. The number of fused-ring (bicyclic) bond motifs is 1. The van der Waals surface area contributed by atoms with Gasteiger partial charge in [0.25, 0.3) is 0 Å². The Labute approximate surface area is 171 Å². The summed E-state index contributed by atoms with van der Waals surface area (Å²) >= 11 is 9.41. The summed E-state index contributed by atoms with van der Waals surface area (Å²) in [5.74, 6) is 0.583. The van der Waals surface area contributed by atoms with E-state index in [4.69, 9.17) is 16.6 Å². The molecule has 0 atom stereocenters. The molecule has 8 heteroatoms. The van der Waals surface area contributed by atoms with Gasteiger partial charge in [0.05, 0.1) is 22.2 Å². The second kappa shape index (κ2) is 7.16. The van der Waals surface area contributed by atoms with Crippen LogP contribution in [0.25, 0.3) is 10.9 Å². The SMILES string of the molecule is CP(C)(=O)c1c(NC2=C(Br)C=NC(Cl)=NC2)ccc2nc(C3CC3)ccc12. The number of aliphatic imine (C=N–C) groups is 2. The summed E-state index contributed by atoms with van der Waals surface area (Å²) < 4.78 is 13.9. The molecule has 0 saturated heterocycles. The highest BCUT2D eigenvalue weighted by Crippen LogP contribution is 2.43. The number of allylic oxidation sites excluding steroid dienone is 1. The number of nitrogens with zero attached hydrogens (tertiary/aromatic N) is 3. The summed E-state index contributed by atoms with van der Waals surface area (Å²) in [5.41, 5.74) is 3.63. The summed E-state index contributed by atoms with van der Waals surface area (Å²) in [6.07, 6.45) is 4.03. The molecule has 1 saturated carbocycles. The lowest BCUT2D eigenvalue weighted by molar-refractivity contribution is 0.588. The Morgan fingerprint density at radius 3 is 2.70 bits per heavy atom. The molecule has 0 radical (unpaired) electrons. The topological polar surface area (TPSA) is 66.7 Å². The Morgan fingerprint density at radius 2 is 2.00 bits per heavy atom. The van der Waals surface area contributed by atoms with Crippen LogP contribution < -0.4 is 10.6 Å². The van der Waals surface area contributed by atoms with Gasteiger partial charge >= 0.3 is 0 Å². The van der Waals surface area contributed by atoms with E-state index in [0.717, 1.165) is 37.8 Å². The second-order valence-electron chi connectivity index (χ2n) is 7.18. The van der Waals surface area contributed by atoms with E-state index in [-0.39, 0.29) is 5.29 Å². The Morgan fingerprint density at radius 1 is 1.22 bits per heavy atom. The summed E-state index contributed by atoms with van der Waals surface area (Å²) in [4.78, 5) is 13.0. The first-order valence-electron chi connectivity index (χ1n) is 8.72. The summed E-state index contributed by atoms with van der Waals surface area (Å²) in [5, 5.41) is 5.32. The minimum absolute atomic E-state index is 0.205. The zero-order valence-electron chi connectivity index (χ0n) is 15.0. The van der Waals surface area contributed by atoms with E-state index >= 15 is 0 Å². The van der Waals surface area contributed by atoms with Crippen LogP contribution in [-0.4, -0.2) is 36.4 Å². The van der Waals surface area contributed by atoms with Crippen LogP contribution in [-0.2, 0) is 4.57 Å². The largest absolute Gasteiger partial charge is 0.356 e. The maximum atomic E-state index is 13.2. The highest BCUT2D eigenvalue weighted by Gasteiger charge is 2.26. The van der Waals surface area contributed by atoms with Gasteiger partial charge in [0, 0.05) is 34.2 Å². The second-order valence-corrected chi connectivity index (χ2v) is 11.5. The number of pyridine rings is 1. The fraction of sp³-hybridized carbons (Fsp3) is 0.316. The van der Waals surface area contributed by atoms with Crippen LogP contribution in [0.3, 0.4) is 0 Å². The number of halogens is 2. The number of hydrogen-bond acceptors (Lipinski definition) is 5. The van der Waals surface area contributed by atoms with Crippen LogP contribution >= 0.6 is 34.7 Å². The van der Waals surface area contributed by atoms with Crippen molar-refractivity contribution >= 4 is 68.1 Å². The minimum atomic E-state index is -2.57. The van der Waals surface area contributed by atoms with Gasteiger partial charge in [-0.25, -0.2) is 9.98 Å². The van der Waals surface area contributed by atoms with Crippen molar-refractivity contribution in [1.82, 2.24) is 4.98 Å². The molecule has 0 amide bonds. The van der Waals surface area contributed by atoms with Gasteiger partial charge < -0.3 is 9.88 Å². The third-order valence-corrected chi connectivity index (χ3v) is 7.08. The zero-order valence-corrected chi connectivity index (χ0v) is 18.3. The van der Waals surface area contributed by atoms with E-state index in [1.54, 1.807) is 19.5 Å². The molecular formula is C19H19BrClN4OP. The number of benzene rings is 1. The Bertz CT molecular complexity index is 1070. The Kier molecular flexibility index (Phi) is 5.00. The van der Waals surface area contributed by atoms with E-state index in [2.05, 4.69) is 43.4 Å². The molecular weight excluding hydrogens is 447 g/mol. The Hall–Kier alpha value is -1.49. The van der Waals surface area contributed by atoms with Gasteiger partial charge in [0.15, 0.2) is 0 Å². The van der Waals surface area contributed by atoms with Crippen LogP contribution in [0.4, 0.5) is 5.69 Å². The number of rotatable bonds is 4. The molecule has 27 heavy (non-hydrogen) atoms. The molecule has 0 unspecified atom stereocenters. The molecule has 1 aliphatic heterocycles. The quantitative estimate of drug-likeness (QED) is 0.507. The molecule has 2 aromatic rings. The van der Waals surface area contributed by atoms with Gasteiger partial charge in [0.2, 0.25) is 5.29 Å². The smallest absolute Gasteiger partial charge is 0.218 e. The monoisotopic (exact) mass is 464 g/mol. The third-order valence-electron chi connectivity index (χ3n) is 4.62. The standard InChI is InChI=1S/C19H19BrClN4OP/c1-27(2,26)18-12-5-6-14(11-3-4-11)24-15(12)7-8-16(18)25-17-10-23-19(21)22-9-13(17)20/h5-9,11,25H,3-4,10H2,1-2H3. The summed E-state index contributed by atoms with van der Waals surface area (Å²) in [6, 6.07) is 8.06. The molecule has 5 nitrogen and oxygen atoms in total. The maximum absolute atomic E-state index is 13.2. The van der Waals surface area contributed by atoms with Gasteiger partial charge in [-0.15, -0.1) is 0 Å². The van der Waals surface area contributed by atoms with Crippen LogP contribution in [0.15, 0.2) is 44.4 Å². The van der Waals surface area contributed by atoms with E-state index < -0.39 is 7.14 Å². The van der Waals surface area contributed by atoms with Gasteiger partial charge in [0.1, 0.15) is 7.14 Å². The molecule has 1 N–H and O–H groups in total. The summed E-state index contributed by atoms with van der Waals surface area (Å²) in [6.45, 7) is 3.93. The normalized spacial score (nSPS) is 17.9. The average molecular weight is 466 g/mol. The molecule has 140 valence electrons. The molecule has 1 aliphatic carbocycles. The molecule has 0 spiro atoms. The lowest BCUT2D eigenvalue weighted by Gasteiger charge is -2.19. The van der Waals surface area contributed by atoms with Crippen molar-refractivity contribution in [2.24, 2.45) is 9.98 Å². The van der Waals surface area contributed by atoms with E-state index in [1.165, 1.54) is 12.8 Å². The Balaban J connectivity index is 1.81. The molecule has 2 heterocycles. The zero-order chi connectivity index (χ0) is 19.2. The number of hydrogen-bond donors (Lipinski definition) is 1. The van der Waals surface area contributed by atoms with Crippen LogP contribution in [0.1, 0.15) is 24.5 Å². The third kappa shape index (κ3) is 4.03. The van der Waals surface area contributed by atoms with Gasteiger partial charge in [-0.3, -0.25) is 4.98 Å². The molecule has 4 rings (SSSR count). The van der Waals surface area contributed by atoms with E-state index in [1.807, 2.05) is 12.1 Å². The van der Waals surface area contributed by atoms with Gasteiger partial charge in [-0.2, -0.15) is 0 Å². The van der Waals surface area contributed by atoms with E-state index in [9.17, 15) is 4.57 Å². The lowest BCUT2D eigenvalue weighted by Crippen LogP contribution is -2.16. The summed E-state index contributed by atoms with van der Waals surface area (Å²) in [7, 11) is -2.57. The van der Waals surface area contributed by atoms with Gasteiger partial charge in [-0.05, 0) is 71.9 Å². The molecule has 0 bridgehead atoms. The lowest BCUT2D eigenvalue weighted by atomic mass is 10.1. The minimum Gasteiger partial charge on any atom is -0.356 e. The fourth-order valence-corrected chi connectivity index (χ4v) is 5.12. The highest BCUT2D eigenvalue weighted by atomic mass is 79.9. The van der Waals surface area contributed by atoms with Crippen LogP contribution in [0.5, 0.6) is 0 Å².